The third-order valence-electron chi connectivity index (χ3n) is 3.39. The molecule has 0 aromatic carbocycles. The Bertz CT molecular complexity index is 228. The van der Waals surface area contributed by atoms with Crippen molar-refractivity contribution in [2.24, 2.45) is 11.8 Å². The summed E-state index contributed by atoms with van der Waals surface area (Å²) in [5, 5.41) is 2.20. The highest BCUT2D eigenvalue weighted by atomic mass is 32.1. The summed E-state index contributed by atoms with van der Waals surface area (Å²) in [5.41, 5.74) is 0. The molecule has 0 saturated heterocycles. The molecule has 0 amide bonds. The summed E-state index contributed by atoms with van der Waals surface area (Å²) in [6, 6.07) is 4.48. The highest BCUT2D eigenvalue weighted by Crippen LogP contribution is 2.37. The lowest BCUT2D eigenvalue weighted by Gasteiger charge is -2.27. The van der Waals surface area contributed by atoms with Gasteiger partial charge in [-0.2, -0.15) is 0 Å². The van der Waals surface area contributed by atoms with Crippen molar-refractivity contribution in [3.05, 3.63) is 22.4 Å². The van der Waals surface area contributed by atoms with Crippen LogP contribution in [0.25, 0.3) is 0 Å². The molecular formula is C13H22S. The summed E-state index contributed by atoms with van der Waals surface area (Å²) in [6.07, 6.45) is 2.57. The maximum atomic E-state index is 2.39. The molecule has 1 aromatic rings. The Morgan fingerprint density at radius 3 is 2.07 bits per heavy atom. The van der Waals surface area contributed by atoms with E-state index in [-0.39, 0.29) is 0 Å². The predicted molar refractivity (Wildman–Crippen MR) is 66.0 cm³/mol. The van der Waals surface area contributed by atoms with Gasteiger partial charge in [-0.15, -0.1) is 11.3 Å². The predicted octanol–water partition coefficient (Wildman–Crippen LogP) is 4.92. The van der Waals surface area contributed by atoms with Crippen LogP contribution in [-0.2, 0) is 0 Å². The van der Waals surface area contributed by atoms with Crippen LogP contribution in [0.15, 0.2) is 17.5 Å². The molecule has 1 heteroatoms. The minimum Gasteiger partial charge on any atom is -0.149 e. The van der Waals surface area contributed by atoms with E-state index in [0.29, 0.717) is 0 Å². The van der Waals surface area contributed by atoms with Gasteiger partial charge in [0, 0.05) is 4.88 Å². The van der Waals surface area contributed by atoms with Gasteiger partial charge in [-0.1, -0.05) is 46.6 Å². The monoisotopic (exact) mass is 210 g/mol. The van der Waals surface area contributed by atoms with Gasteiger partial charge in [-0.3, -0.25) is 0 Å². The molecule has 0 aliphatic rings. The van der Waals surface area contributed by atoms with Crippen molar-refractivity contribution in [3.8, 4) is 0 Å². The van der Waals surface area contributed by atoms with E-state index >= 15 is 0 Å². The molecule has 0 aliphatic carbocycles. The molecule has 80 valence electrons. The standard InChI is InChI=1S/C13H22S/c1-5-10(3)13(11(4)6-2)12-8-7-9-14-12/h7-11,13H,5-6H2,1-4H3. The molecule has 0 spiro atoms. The van der Waals surface area contributed by atoms with Crippen molar-refractivity contribution in [3.63, 3.8) is 0 Å². The summed E-state index contributed by atoms with van der Waals surface area (Å²) >= 11 is 1.92. The maximum Gasteiger partial charge on any atom is 0.00814 e. The fraction of sp³-hybridized carbons (Fsp3) is 0.692. The van der Waals surface area contributed by atoms with Gasteiger partial charge in [0.1, 0.15) is 0 Å². The second-order valence-electron chi connectivity index (χ2n) is 4.31. The Kier molecular flexibility index (Phi) is 4.67. The maximum absolute atomic E-state index is 2.39. The molecule has 2 unspecified atom stereocenters. The molecule has 0 bridgehead atoms. The first-order chi connectivity index (χ1) is 6.70. The van der Waals surface area contributed by atoms with E-state index in [0.717, 1.165) is 17.8 Å². The summed E-state index contributed by atoms with van der Waals surface area (Å²) < 4.78 is 0. The molecule has 0 aliphatic heterocycles. The number of hydrogen-bond acceptors (Lipinski definition) is 1. The second-order valence-corrected chi connectivity index (χ2v) is 5.29. The van der Waals surface area contributed by atoms with Gasteiger partial charge in [-0.05, 0) is 29.2 Å². The van der Waals surface area contributed by atoms with Crippen LogP contribution in [0.4, 0.5) is 0 Å². The molecule has 0 nitrogen and oxygen atoms in total. The molecular weight excluding hydrogens is 188 g/mol. The van der Waals surface area contributed by atoms with Crippen molar-refractivity contribution in [1.29, 1.82) is 0 Å². The van der Waals surface area contributed by atoms with E-state index < -0.39 is 0 Å². The van der Waals surface area contributed by atoms with Crippen molar-refractivity contribution >= 4 is 11.3 Å². The first-order valence-corrected chi connectivity index (χ1v) is 6.62. The van der Waals surface area contributed by atoms with E-state index in [1.165, 1.54) is 12.8 Å². The van der Waals surface area contributed by atoms with Crippen LogP contribution < -0.4 is 0 Å². The first-order valence-electron chi connectivity index (χ1n) is 5.74. The third-order valence-corrected chi connectivity index (χ3v) is 4.36. The van der Waals surface area contributed by atoms with Gasteiger partial charge in [0.05, 0.1) is 0 Å². The Hall–Kier alpha value is -0.300. The Balaban J connectivity index is 2.82. The minimum atomic E-state index is 0.769. The Morgan fingerprint density at radius 2 is 1.71 bits per heavy atom. The zero-order chi connectivity index (χ0) is 10.6. The van der Waals surface area contributed by atoms with Gasteiger partial charge in [0.25, 0.3) is 0 Å². The Labute approximate surface area is 92.4 Å². The van der Waals surface area contributed by atoms with Gasteiger partial charge in [-0.25, -0.2) is 0 Å². The summed E-state index contributed by atoms with van der Waals surface area (Å²) in [5.74, 6) is 2.39. The smallest absolute Gasteiger partial charge is 0.00814 e. The summed E-state index contributed by atoms with van der Waals surface area (Å²) in [4.78, 5) is 1.58. The second kappa shape index (κ2) is 5.55. The first kappa shape index (κ1) is 11.8. The van der Waals surface area contributed by atoms with Crippen LogP contribution in [0.2, 0.25) is 0 Å². The lowest BCUT2D eigenvalue weighted by molar-refractivity contribution is 0.334. The molecule has 1 rings (SSSR count). The molecule has 0 fully saturated rings. The van der Waals surface area contributed by atoms with Crippen molar-refractivity contribution in [1.82, 2.24) is 0 Å². The summed E-state index contributed by atoms with van der Waals surface area (Å²) in [6.45, 7) is 9.37. The number of rotatable bonds is 5. The fourth-order valence-corrected chi connectivity index (χ4v) is 3.20. The zero-order valence-corrected chi connectivity index (χ0v) is 10.6. The van der Waals surface area contributed by atoms with Gasteiger partial charge < -0.3 is 0 Å². The zero-order valence-electron chi connectivity index (χ0n) is 9.79. The van der Waals surface area contributed by atoms with Gasteiger partial charge in [0.2, 0.25) is 0 Å². The fourth-order valence-electron chi connectivity index (χ4n) is 2.11. The minimum absolute atomic E-state index is 0.769. The molecule has 0 radical (unpaired) electrons. The number of hydrogen-bond donors (Lipinski definition) is 0. The molecule has 0 saturated carbocycles. The van der Waals surface area contributed by atoms with Crippen LogP contribution in [0, 0.1) is 11.8 Å². The lowest BCUT2D eigenvalue weighted by Crippen LogP contribution is -2.15. The van der Waals surface area contributed by atoms with Crippen molar-refractivity contribution in [2.75, 3.05) is 0 Å². The molecule has 0 N–H and O–H groups in total. The van der Waals surface area contributed by atoms with E-state index in [4.69, 9.17) is 0 Å². The van der Waals surface area contributed by atoms with Crippen LogP contribution >= 0.6 is 11.3 Å². The topological polar surface area (TPSA) is 0 Å². The number of thiophene rings is 1. The van der Waals surface area contributed by atoms with Crippen LogP contribution in [-0.4, -0.2) is 0 Å². The van der Waals surface area contributed by atoms with E-state index in [2.05, 4.69) is 45.2 Å². The highest BCUT2D eigenvalue weighted by Gasteiger charge is 2.23. The normalized spacial score (nSPS) is 17.7. The highest BCUT2D eigenvalue weighted by molar-refractivity contribution is 7.10. The van der Waals surface area contributed by atoms with Gasteiger partial charge >= 0.3 is 0 Å². The average Bonchev–Trinajstić information content (AvgIpc) is 2.70. The largest absolute Gasteiger partial charge is 0.149 e. The van der Waals surface area contributed by atoms with E-state index in [9.17, 15) is 0 Å². The SMILES string of the molecule is CCC(C)C(c1cccs1)C(C)CC. The average molecular weight is 210 g/mol. The lowest BCUT2D eigenvalue weighted by atomic mass is 9.80. The summed E-state index contributed by atoms with van der Waals surface area (Å²) in [7, 11) is 0. The molecule has 2 atom stereocenters. The van der Waals surface area contributed by atoms with Crippen molar-refractivity contribution < 1.29 is 0 Å². The van der Waals surface area contributed by atoms with E-state index in [1.807, 2.05) is 11.3 Å². The molecule has 14 heavy (non-hydrogen) atoms. The molecule has 1 heterocycles. The third kappa shape index (κ3) is 2.60. The Morgan fingerprint density at radius 1 is 1.14 bits per heavy atom. The van der Waals surface area contributed by atoms with Crippen molar-refractivity contribution in [2.45, 2.75) is 46.5 Å². The van der Waals surface area contributed by atoms with Gasteiger partial charge in [0.15, 0.2) is 0 Å². The van der Waals surface area contributed by atoms with Crippen LogP contribution in [0.3, 0.4) is 0 Å². The van der Waals surface area contributed by atoms with E-state index in [1.54, 1.807) is 4.88 Å². The van der Waals surface area contributed by atoms with Crippen LogP contribution in [0.1, 0.15) is 51.3 Å². The molecule has 1 aromatic heterocycles. The van der Waals surface area contributed by atoms with Crippen LogP contribution in [0.5, 0.6) is 0 Å². The quantitative estimate of drug-likeness (QED) is 0.647.